The molecule has 1 aromatic rings. The van der Waals surface area contributed by atoms with Gasteiger partial charge in [-0.1, -0.05) is 43.5 Å². The lowest BCUT2D eigenvalue weighted by Crippen LogP contribution is -2.47. The number of likely N-dealkylation sites (tertiary alicyclic amines) is 1. The van der Waals surface area contributed by atoms with Crippen LogP contribution in [0.2, 0.25) is 0 Å². The van der Waals surface area contributed by atoms with Gasteiger partial charge in [0.05, 0.1) is 6.54 Å². The summed E-state index contributed by atoms with van der Waals surface area (Å²) < 4.78 is 0. The smallest absolute Gasteiger partial charge is 0.217 e. The maximum absolute atomic E-state index is 11.4. The van der Waals surface area contributed by atoms with Gasteiger partial charge >= 0.3 is 0 Å². The lowest BCUT2D eigenvalue weighted by Gasteiger charge is -2.34. The van der Waals surface area contributed by atoms with Crippen molar-refractivity contribution in [2.75, 3.05) is 26.7 Å². The lowest BCUT2D eigenvalue weighted by molar-refractivity contribution is -0.119. The van der Waals surface area contributed by atoms with Crippen molar-refractivity contribution in [3.05, 3.63) is 35.4 Å². The van der Waals surface area contributed by atoms with Gasteiger partial charge in [0, 0.05) is 38.6 Å². The van der Waals surface area contributed by atoms with Crippen molar-refractivity contribution < 1.29 is 4.79 Å². The first kappa shape index (κ1) is 26.9. The number of rotatable bonds is 8. The molecule has 1 saturated carbocycles. The number of hydrogen-bond acceptors (Lipinski definition) is 3. The van der Waals surface area contributed by atoms with E-state index in [0.717, 1.165) is 45.0 Å². The molecule has 0 aromatic heterocycles. The standard InChI is InChI=1S/C25H41N5O.HI/c1-3-27-25(30-15-9-10-20(18-30)16-24(26)31)28-17-21-11-7-8-12-22(21)19-29(2)23-13-5-4-6-14-23;/h7-8,11-12,20,23H,3-6,9-10,13-19H2,1-2H3,(H2,26,31)(H,27,28);1H. The molecular formula is C25H42IN5O. The number of amides is 1. The topological polar surface area (TPSA) is 74.0 Å². The molecule has 0 bridgehead atoms. The highest BCUT2D eigenvalue weighted by Crippen LogP contribution is 2.24. The Bertz CT molecular complexity index is 735. The number of guanidine groups is 1. The Labute approximate surface area is 211 Å². The Kier molecular flexibility index (Phi) is 11.8. The molecule has 1 amide bonds. The molecule has 0 radical (unpaired) electrons. The van der Waals surface area contributed by atoms with Crippen molar-refractivity contribution in [3.8, 4) is 0 Å². The molecular weight excluding hydrogens is 513 g/mol. The average Bonchev–Trinajstić information content (AvgIpc) is 2.78. The fraction of sp³-hybridized carbons (Fsp3) is 0.680. The summed E-state index contributed by atoms with van der Waals surface area (Å²) in [6.45, 7) is 6.43. The van der Waals surface area contributed by atoms with Gasteiger partial charge in [0.25, 0.3) is 0 Å². The Hall–Kier alpha value is -1.35. The fourth-order valence-corrected chi connectivity index (χ4v) is 5.08. The maximum Gasteiger partial charge on any atom is 0.217 e. The number of primary amides is 1. The molecule has 2 fully saturated rings. The third-order valence-corrected chi connectivity index (χ3v) is 6.78. The first-order chi connectivity index (χ1) is 15.1. The van der Waals surface area contributed by atoms with E-state index < -0.39 is 0 Å². The van der Waals surface area contributed by atoms with Crippen LogP contribution in [0.25, 0.3) is 0 Å². The van der Waals surface area contributed by atoms with E-state index in [1.165, 1.54) is 43.2 Å². The minimum Gasteiger partial charge on any atom is -0.370 e. The van der Waals surface area contributed by atoms with E-state index in [9.17, 15) is 4.79 Å². The molecule has 1 atom stereocenters. The highest BCUT2D eigenvalue weighted by Gasteiger charge is 2.24. The van der Waals surface area contributed by atoms with Crippen LogP contribution in [0.5, 0.6) is 0 Å². The zero-order valence-corrected chi connectivity index (χ0v) is 22.2. The van der Waals surface area contributed by atoms with Gasteiger partial charge in [-0.05, 0) is 56.7 Å². The summed E-state index contributed by atoms with van der Waals surface area (Å²) in [7, 11) is 2.27. The van der Waals surface area contributed by atoms with Gasteiger partial charge < -0.3 is 16.0 Å². The summed E-state index contributed by atoms with van der Waals surface area (Å²) in [6.07, 6.45) is 9.36. The highest BCUT2D eigenvalue weighted by atomic mass is 127. The Morgan fingerprint density at radius 3 is 2.56 bits per heavy atom. The number of nitrogens with zero attached hydrogens (tertiary/aromatic N) is 3. The zero-order chi connectivity index (χ0) is 22.1. The zero-order valence-electron chi connectivity index (χ0n) is 19.9. The molecule has 7 heteroatoms. The van der Waals surface area contributed by atoms with Crippen LogP contribution in [0, 0.1) is 5.92 Å². The normalized spacial score (nSPS) is 20.2. The summed E-state index contributed by atoms with van der Waals surface area (Å²) in [5, 5.41) is 3.46. The van der Waals surface area contributed by atoms with Crippen LogP contribution in [0.1, 0.15) is 69.4 Å². The van der Waals surface area contributed by atoms with Crippen LogP contribution in [0.4, 0.5) is 0 Å². The van der Waals surface area contributed by atoms with Gasteiger partial charge in [-0.2, -0.15) is 0 Å². The van der Waals surface area contributed by atoms with Gasteiger partial charge in [0.15, 0.2) is 5.96 Å². The van der Waals surface area contributed by atoms with Crippen LogP contribution in [0.3, 0.4) is 0 Å². The maximum atomic E-state index is 11.4. The fourth-order valence-electron chi connectivity index (χ4n) is 5.08. The second-order valence-electron chi connectivity index (χ2n) is 9.27. The Balaban J connectivity index is 0.00000363. The molecule has 6 nitrogen and oxygen atoms in total. The van der Waals surface area contributed by atoms with E-state index in [1.54, 1.807) is 0 Å². The van der Waals surface area contributed by atoms with E-state index in [-0.39, 0.29) is 29.9 Å². The van der Waals surface area contributed by atoms with Gasteiger partial charge in [0.1, 0.15) is 0 Å². The first-order valence-corrected chi connectivity index (χ1v) is 12.2. The average molecular weight is 556 g/mol. The predicted octanol–water partition coefficient (Wildman–Crippen LogP) is 4.12. The molecule has 32 heavy (non-hydrogen) atoms. The monoisotopic (exact) mass is 555 g/mol. The SMILES string of the molecule is CCNC(=NCc1ccccc1CN(C)C1CCCCC1)N1CCCC(CC(N)=O)C1.I. The quantitative estimate of drug-likeness (QED) is 0.288. The molecule has 1 aliphatic heterocycles. The molecule has 1 aliphatic carbocycles. The number of carbonyl (C=O) groups excluding carboxylic acids is 1. The summed E-state index contributed by atoms with van der Waals surface area (Å²) in [6, 6.07) is 9.43. The Morgan fingerprint density at radius 2 is 1.88 bits per heavy atom. The number of benzene rings is 1. The number of nitrogens with one attached hydrogen (secondary N) is 1. The van der Waals surface area contributed by atoms with E-state index in [0.29, 0.717) is 24.9 Å². The number of piperidine rings is 1. The third kappa shape index (κ3) is 8.21. The van der Waals surface area contributed by atoms with Crippen molar-refractivity contribution in [2.45, 2.75) is 77.4 Å². The van der Waals surface area contributed by atoms with Crippen LogP contribution < -0.4 is 11.1 Å². The van der Waals surface area contributed by atoms with Gasteiger partial charge in [0.2, 0.25) is 5.91 Å². The number of hydrogen-bond donors (Lipinski definition) is 2. The molecule has 3 rings (SSSR count). The molecule has 1 aromatic carbocycles. The van der Waals surface area contributed by atoms with Gasteiger partial charge in [-0.15, -0.1) is 24.0 Å². The van der Waals surface area contributed by atoms with Crippen LogP contribution in [-0.2, 0) is 17.9 Å². The van der Waals surface area contributed by atoms with Gasteiger partial charge in [-0.3, -0.25) is 9.69 Å². The predicted molar refractivity (Wildman–Crippen MR) is 143 cm³/mol. The summed E-state index contributed by atoms with van der Waals surface area (Å²) >= 11 is 0. The summed E-state index contributed by atoms with van der Waals surface area (Å²) in [4.78, 5) is 21.2. The van der Waals surface area contributed by atoms with E-state index in [2.05, 4.69) is 53.4 Å². The molecule has 1 heterocycles. The molecule has 2 aliphatic rings. The second kappa shape index (κ2) is 14.0. The number of carbonyl (C=O) groups is 1. The second-order valence-corrected chi connectivity index (χ2v) is 9.27. The van der Waals surface area contributed by atoms with Crippen molar-refractivity contribution in [1.82, 2.24) is 15.1 Å². The van der Waals surface area contributed by atoms with Crippen LogP contribution >= 0.6 is 24.0 Å². The summed E-state index contributed by atoms with van der Waals surface area (Å²) in [5.41, 5.74) is 8.11. The van der Waals surface area contributed by atoms with E-state index in [4.69, 9.17) is 10.7 Å². The number of aliphatic imine (C=N–C) groups is 1. The summed E-state index contributed by atoms with van der Waals surface area (Å²) in [5.74, 6) is 1.07. The largest absolute Gasteiger partial charge is 0.370 e. The third-order valence-electron chi connectivity index (χ3n) is 6.78. The molecule has 1 unspecified atom stereocenters. The van der Waals surface area contributed by atoms with Gasteiger partial charge in [-0.25, -0.2) is 4.99 Å². The van der Waals surface area contributed by atoms with Crippen LogP contribution in [-0.4, -0.2) is 54.4 Å². The number of nitrogens with two attached hydrogens (primary N) is 1. The lowest BCUT2D eigenvalue weighted by atomic mass is 9.94. The molecule has 0 spiro atoms. The van der Waals surface area contributed by atoms with E-state index in [1.807, 2.05) is 0 Å². The van der Waals surface area contributed by atoms with Crippen molar-refractivity contribution in [2.24, 2.45) is 16.6 Å². The van der Waals surface area contributed by atoms with E-state index >= 15 is 0 Å². The highest BCUT2D eigenvalue weighted by molar-refractivity contribution is 14.0. The minimum atomic E-state index is -0.204. The van der Waals surface area contributed by atoms with Crippen molar-refractivity contribution >= 4 is 35.8 Å². The van der Waals surface area contributed by atoms with Crippen molar-refractivity contribution in [1.29, 1.82) is 0 Å². The molecule has 3 N–H and O–H groups in total. The molecule has 180 valence electrons. The Morgan fingerprint density at radius 1 is 1.16 bits per heavy atom. The number of halogens is 1. The minimum absolute atomic E-state index is 0. The van der Waals surface area contributed by atoms with Crippen molar-refractivity contribution in [3.63, 3.8) is 0 Å². The first-order valence-electron chi connectivity index (χ1n) is 12.2. The van der Waals surface area contributed by atoms with Crippen LogP contribution in [0.15, 0.2) is 29.3 Å². The molecule has 1 saturated heterocycles.